The first-order valence-corrected chi connectivity index (χ1v) is 19.3. The summed E-state index contributed by atoms with van der Waals surface area (Å²) in [6, 6.07) is 30.5. The summed E-state index contributed by atoms with van der Waals surface area (Å²) >= 11 is 0. The van der Waals surface area contributed by atoms with E-state index >= 15 is 0 Å². The highest BCUT2D eigenvalue weighted by molar-refractivity contribution is 5.66. The highest BCUT2D eigenvalue weighted by Gasteiger charge is 2.06. The second kappa shape index (κ2) is 83.2. The van der Waals surface area contributed by atoms with Gasteiger partial charge in [-0.2, -0.15) is 9.78 Å². The molecule has 2 aromatic heterocycles. The monoisotopic (exact) mass is 1090 g/mol. The molecular formula is C66H140N4O6. The van der Waals surface area contributed by atoms with Crippen molar-refractivity contribution in [3.63, 3.8) is 0 Å². The minimum Gasteiger partial charge on any atom is -0.497 e. The zero-order valence-electron chi connectivity index (χ0n) is 35.2. The summed E-state index contributed by atoms with van der Waals surface area (Å²) < 4.78 is 10.3. The first-order valence-electron chi connectivity index (χ1n) is 19.3. The van der Waals surface area contributed by atoms with E-state index in [1.54, 1.807) is 14.2 Å². The topological polar surface area (TPSA) is 107 Å². The number of ether oxygens (including phenoxy) is 2. The first kappa shape index (κ1) is 133. The Hall–Kier alpha value is -5.84. The summed E-state index contributed by atoms with van der Waals surface area (Å²) in [6.07, 6.45) is 7.25. The second-order valence-electron chi connectivity index (χ2n) is 10.1. The molecule has 0 spiro atoms. The van der Waals surface area contributed by atoms with Gasteiger partial charge in [0.05, 0.1) is 27.4 Å². The number of benzene rings is 4. The van der Waals surface area contributed by atoms with Gasteiger partial charge >= 0.3 is 0 Å². The van der Waals surface area contributed by atoms with Gasteiger partial charge in [0.1, 0.15) is 11.5 Å². The normalized spacial score (nSPS) is 6.89. The van der Waals surface area contributed by atoms with Crippen LogP contribution in [0.15, 0.2) is 122 Å². The SMILES string of the molecule is C.C.C.C.C.C.C.C.C.C.C.C.C.C.C.C.C.C.C.C.CC.CC.CC.CC.CCOOc1ccc(-c2cnc(-c3ccc(OC)cc3)nc2)cc1.CCOOc1ccc(-c2ncc(-c3ccc(OC)cc3)cn2)cc1. The van der Waals surface area contributed by atoms with Gasteiger partial charge in [-0.25, -0.2) is 19.9 Å². The Balaban J connectivity index is -0.0000000328. The summed E-state index contributed by atoms with van der Waals surface area (Å²) in [7, 11) is 3.29. The summed E-state index contributed by atoms with van der Waals surface area (Å²) in [5.74, 6) is 4.29. The maximum atomic E-state index is 5.17. The molecule has 0 N–H and O–H groups in total. The van der Waals surface area contributed by atoms with Crippen LogP contribution in [0.4, 0.5) is 0 Å². The Morgan fingerprint density at radius 1 is 0.263 bits per heavy atom. The predicted octanol–water partition coefficient (Wildman–Crippen LogP) is 25.1. The molecule has 0 saturated heterocycles. The average molecular weight is 1090 g/mol. The molecule has 10 nitrogen and oxygen atoms in total. The van der Waals surface area contributed by atoms with Crippen molar-refractivity contribution in [2.24, 2.45) is 0 Å². The van der Waals surface area contributed by atoms with Crippen molar-refractivity contribution < 1.29 is 29.0 Å². The molecular weight excluding hydrogens is 945 g/mol. The lowest BCUT2D eigenvalue weighted by molar-refractivity contribution is -0.202. The predicted molar refractivity (Wildman–Crippen MR) is 363 cm³/mol. The van der Waals surface area contributed by atoms with Gasteiger partial charge in [0.25, 0.3) is 0 Å². The molecule has 0 aliphatic carbocycles. The van der Waals surface area contributed by atoms with Crippen molar-refractivity contribution >= 4 is 0 Å². The Bertz CT molecular complexity index is 1680. The third-order valence-corrected chi connectivity index (χ3v) is 6.92. The molecule has 0 bridgehead atoms. The molecule has 0 saturated carbocycles. The molecule has 0 radical (unpaired) electrons. The van der Waals surface area contributed by atoms with E-state index in [0.717, 1.165) is 44.9 Å². The Kier molecular flexibility index (Phi) is 146. The minimum atomic E-state index is 0. The van der Waals surface area contributed by atoms with E-state index in [-0.39, 0.29) is 149 Å². The zero-order chi connectivity index (χ0) is 41.6. The van der Waals surface area contributed by atoms with E-state index in [9.17, 15) is 0 Å². The zero-order valence-corrected chi connectivity index (χ0v) is 35.2. The molecule has 0 aliphatic rings. The molecule has 4 aromatic carbocycles. The molecule has 10 heteroatoms. The van der Waals surface area contributed by atoms with Gasteiger partial charge in [0.15, 0.2) is 23.1 Å². The van der Waals surface area contributed by atoms with Crippen molar-refractivity contribution in [3.05, 3.63) is 122 Å². The third-order valence-electron chi connectivity index (χ3n) is 6.92. The Morgan fingerprint density at radius 3 is 0.632 bits per heavy atom. The van der Waals surface area contributed by atoms with Crippen LogP contribution < -0.4 is 19.2 Å². The van der Waals surface area contributed by atoms with E-state index in [4.69, 9.17) is 29.0 Å². The number of hydrogen-bond donors (Lipinski definition) is 0. The van der Waals surface area contributed by atoms with Crippen LogP contribution in [0.2, 0.25) is 0 Å². The molecule has 6 aromatic rings. The van der Waals surface area contributed by atoms with Gasteiger partial charge in [0.2, 0.25) is 0 Å². The fourth-order valence-electron chi connectivity index (χ4n) is 4.39. The van der Waals surface area contributed by atoms with Crippen LogP contribution in [0, 0.1) is 0 Å². The number of hydrogen-bond acceptors (Lipinski definition) is 10. The van der Waals surface area contributed by atoms with E-state index in [2.05, 4.69) is 19.9 Å². The average Bonchev–Trinajstić information content (AvgIpc) is 3.31. The number of rotatable bonds is 12. The molecule has 2 heterocycles. The first-order chi connectivity index (χ1) is 27.6. The van der Waals surface area contributed by atoms with E-state index < -0.39 is 0 Å². The van der Waals surface area contributed by atoms with Crippen molar-refractivity contribution in [1.82, 2.24) is 19.9 Å². The second-order valence-corrected chi connectivity index (χ2v) is 10.1. The van der Waals surface area contributed by atoms with Crippen LogP contribution in [-0.2, 0) is 9.78 Å². The van der Waals surface area contributed by atoms with Crippen LogP contribution in [0.3, 0.4) is 0 Å². The van der Waals surface area contributed by atoms with Gasteiger partial charge in [-0.1, -0.05) is 228 Å². The standard InChI is InChI=1S/2C19H18N2O3.4C2H6.20CH4/c1-3-23-24-18-10-4-14(5-11-18)16-12-20-19(21-13-16)15-6-8-17(22-2)9-7-15;1-3-23-24-18-10-6-15(7-11-18)19-20-12-16(13-21-19)14-4-8-17(22-2)9-5-14;4*1-2;;;;;;;;;;;;;;;;;;;;/h2*4-13H,3H2,1-2H3;4*1-2H3;20*1H4. The van der Waals surface area contributed by atoms with Crippen LogP contribution in [0.1, 0.15) is 218 Å². The number of nitrogens with zero attached hydrogens (tertiary/aromatic N) is 4. The largest absolute Gasteiger partial charge is 0.497 e. The van der Waals surface area contributed by atoms with E-state index in [1.165, 1.54) is 0 Å². The van der Waals surface area contributed by atoms with Crippen LogP contribution >= 0.6 is 0 Å². The summed E-state index contributed by atoms with van der Waals surface area (Å²) in [5.41, 5.74) is 5.82. The molecule has 460 valence electrons. The number of methoxy groups -OCH3 is 2. The highest BCUT2D eigenvalue weighted by Crippen LogP contribution is 2.26. The molecule has 76 heavy (non-hydrogen) atoms. The van der Waals surface area contributed by atoms with Crippen LogP contribution in [0.25, 0.3) is 45.0 Å². The van der Waals surface area contributed by atoms with E-state index in [1.807, 2.05) is 191 Å². The smallest absolute Gasteiger partial charge is 0.165 e. The molecule has 0 atom stereocenters. The Morgan fingerprint density at radius 2 is 0.447 bits per heavy atom. The van der Waals surface area contributed by atoms with Gasteiger partial charge in [-0.05, 0) is 97.8 Å². The van der Waals surface area contributed by atoms with Gasteiger partial charge in [-0.3, -0.25) is 0 Å². The quantitative estimate of drug-likeness (QED) is 0.0868. The lowest BCUT2D eigenvalue weighted by atomic mass is 10.1. The molecule has 0 aliphatic heterocycles. The number of aromatic nitrogens is 4. The van der Waals surface area contributed by atoms with Crippen molar-refractivity contribution in [1.29, 1.82) is 0 Å². The maximum Gasteiger partial charge on any atom is 0.165 e. The third kappa shape index (κ3) is 45.5. The summed E-state index contributed by atoms with van der Waals surface area (Å²) in [4.78, 5) is 37.8. The maximum absolute atomic E-state index is 5.17. The van der Waals surface area contributed by atoms with Crippen LogP contribution in [-0.4, -0.2) is 47.4 Å². The Labute approximate surface area is 482 Å². The molecule has 0 unspecified atom stereocenters. The van der Waals surface area contributed by atoms with Crippen molar-refractivity contribution in [2.75, 3.05) is 27.4 Å². The van der Waals surface area contributed by atoms with E-state index in [0.29, 0.717) is 36.4 Å². The summed E-state index contributed by atoms with van der Waals surface area (Å²) in [6.45, 7) is 20.7. The van der Waals surface area contributed by atoms with Gasteiger partial charge < -0.3 is 19.2 Å². The van der Waals surface area contributed by atoms with Gasteiger partial charge in [-0.15, -0.1) is 0 Å². The lowest BCUT2D eigenvalue weighted by Gasteiger charge is -2.06. The summed E-state index contributed by atoms with van der Waals surface area (Å²) in [5, 5.41) is 0. The molecule has 0 amide bonds. The molecule has 6 rings (SSSR count). The highest BCUT2D eigenvalue weighted by atomic mass is 17.2. The lowest BCUT2D eigenvalue weighted by Crippen LogP contribution is -1.95. The van der Waals surface area contributed by atoms with Gasteiger partial charge in [0, 0.05) is 47.0 Å². The minimum absolute atomic E-state index is 0. The van der Waals surface area contributed by atoms with Crippen molar-refractivity contribution in [3.8, 4) is 68.0 Å². The fourth-order valence-corrected chi connectivity index (χ4v) is 4.39. The fraction of sp³-hybridized carbons (Fsp3) is 0.515. The van der Waals surface area contributed by atoms with Crippen LogP contribution in [0.5, 0.6) is 23.0 Å². The molecule has 0 fully saturated rings. The van der Waals surface area contributed by atoms with Crippen molar-refractivity contribution in [2.45, 2.75) is 218 Å².